The minimum Gasteiger partial charge on any atom is -0.296 e. The molecule has 21 heavy (non-hydrogen) atoms. The molecule has 2 N–H and O–H groups in total. The molecule has 1 unspecified atom stereocenters. The van der Waals surface area contributed by atoms with Gasteiger partial charge in [-0.25, -0.2) is 0 Å². The maximum atomic E-state index is 12.1. The fourth-order valence-electron chi connectivity index (χ4n) is 2.32. The Morgan fingerprint density at radius 3 is 2.67 bits per heavy atom. The summed E-state index contributed by atoms with van der Waals surface area (Å²) in [6.07, 6.45) is 0. The third kappa shape index (κ3) is 2.57. The molecule has 0 bridgehead atoms. The molecule has 1 saturated heterocycles. The Hall–Kier alpha value is -2.47. The van der Waals surface area contributed by atoms with Gasteiger partial charge >= 0.3 is 0 Å². The highest BCUT2D eigenvalue weighted by Gasteiger charge is 2.38. The van der Waals surface area contributed by atoms with Gasteiger partial charge in [0.1, 0.15) is 18.3 Å². The Labute approximate surface area is 125 Å². The number of amidine groups is 1. The summed E-state index contributed by atoms with van der Waals surface area (Å²) in [5.41, 5.74) is 3.40. The summed E-state index contributed by atoms with van der Waals surface area (Å²) < 4.78 is 0. The number of hydrogen-bond acceptors (Lipinski definition) is 4. The summed E-state index contributed by atoms with van der Waals surface area (Å²) in [4.78, 5) is 24.7. The number of benzene rings is 1. The van der Waals surface area contributed by atoms with E-state index in [9.17, 15) is 9.59 Å². The largest absolute Gasteiger partial charge is 0.296 e. The van der Waals surface area contributed by atoms with E-state index in [0.717, 1.165) is 5.56 Å². The standard InChI is InChI=1S/C15H13N3O2S/c16-14-13(10-5-2-1-3-6-10)11(19)9-18(14)17-15(20)12-7-4-8-21-12/h1-8,13,16H,9H2,(H,17,20). The van der Waals surface area contributed by atoms with Gasteiger partial charge in [0.05, 0.1) is 4.88 Å². The van der Waals surface area contributed by atoms with E-state index in [1.165, 1.54) is 16.3 Å². The molecule has 5 nitrogen and oxygen atoms in total. The second-order valence-corrected chi connectivity index (χ2v) is 5.65. The molecule has 1 aliphatic heterocycles. The van der Waals surface area contributed by atoms with Crippen molar-refractivity contribution in [2.75, 3.05) is 6.54 Å². The van der Waals surface area contributed by atoms with Crippen molar-refractivity contribution in [1.82, 2.24) is 10.4 Å². The van der Waals surface area contributed by atoms with Crippen molar-refractivity contribution in [3.05, 3.63) is 58.3 Å². The first-order valence-corrected chi connectivity index (χ1v) is 7.33. The third-order valence-electron chi connectivity index (χ3n) is 3.31. The molecule has 0 radical (unpaired) electrons. The lowest BCUT2D eigenvalue weighted by molar-refractivity contribution is -0.118. The Kier molecular flexibility index (Phi) is 3.53. The van der Waals surface area contributed by atoms with Gasteiger partial charge in [0.2, 0.25) is 0 Å². The number of rotatable bonds is 3. The molecule has 1 aromatic carbocycles. The molecule has 2 aromatic rings. The van der Waals surface area contributed by atoms with Crippen LogP contribution in [0, 0.1) is 5.41 Å². The van der Waals surface area contributed by atoms with E-state index in [-0.39, 0.29) is 24.1 Å². The van der Waals surface area contributed by atoms with Crippen LogP contribution in [-0.4, -0.2) is 29.1 Å². The van der Waals surface area contributed by atoms with Gasteiger partial charge in [-0.05, 0) is 17.0 Å². The highest BCUT2D eigenvalue weighted by atomic mass is 32.1. The molecule has 106 valence electrons. The van der Waals surface area contributed by atoms with Crippen LogP contribution in [0.1, 0.15) is 21.2 Å². The number of nitrogens with one attached hydrogen (secondary N) is 2. The van der Waals surface area contributed by atoms with Crippen LogP contribution in [-0.2, 0) is 4.79 Å². The Morgan fingerprint density at radius 2 is 2.00 bits per heavy atom. The normalized spacial score (nSPS) is 18.1. The summed E-state index contributed by atoms with van der Waals surface area (Å²) in [7, 11) is 0. The quantitative estimate of drug-likeness (QED) is 0.911. The zero-order chi connectivity index (χ0) is 14.8. The van der Waals surface area contributed by atoms with Crippen LogP contribution in [0.2, 0.25) is 0 Å². The monoisotopic (exact) mass is 299 g/mol. The molecule has 0 saturated carbocycles. The lowest BCUT2D eigenvalue weighted by Crippen LogP contribution is -2.43. The summed E-state index contributed by atoms with van der Waals surface area (Å²) in [5.74, 6) is -0.875. The summed E-state index contributed by atoms with van der Waals surface area (Å²) >= 11 is 1.32. The number of ketones is 1. The van der Waals surface area contributed by atoms with E-state index in [1.807, 2.05) is 35.7 Å². The smallest absolute Gasteiger partial charge is 0.279 e. The first kappa shape index (κ1) is 13.5. The molecule has 1 amide bonds. The molecule has 1 aliphatic rings. The zero-order valence-electron chi connectivity index (χ0n) is 11.1. The Bertz CT molecular complexity index is 682. The van der Waals surface area contributed by atoms with Crippen molar-refractivity contribution in [2.24, 2.45) is 0 Å². The van der Waals surface area contributed by atoms with Gasteiger partial charge < -0.3 is 0 Å². The van der Waals surface area contributed by atoms with Crippen molar-refractivity contribution >= 4 is 28.9 Å². The number of thiophene rings is 1. The first-order chi connectivity index (χ1) is 10.2. The minimum atomic E-state index is -0.602. The first-order valence-electron chi connectivity index (χ1n) is 6.45. The van der Waals surface area contributed by atoms with Crippen molar-refractivity contribution < 1.29 is 9.59 Å². The fraction of sp³-hybridized carbons (Fsp3) is 0.133. The number of hydrazine groups is 1. The van der Waals surface area contributed by atoms with Gasteiger partial charge in [-0.2, -0.15) is 0 Å². The molecule has 3 rings (SSSR count). The fourth-order valence-corrected chi connectivity index (χ4v) is 2.93. The van der Waals surface area contributed by atoms with Crippen LogP contribution < -0.4 is 5.43 Å². The van der Waals surface area contributed by atoms with Crippen molar-refractivity contribution in [2.45, 2.75) is 5.92 Å². The molecule has 1 atom stereocenters. The van der Waals surface area contributed by atoms with E-state index in [4.69, 9.17) is 5.41 Å². The van der Waals surface area contributed by atoms with Crippen LogP contribution in [0.4, 0.5) is 0 Å². The number of hydrogen-bond donors (Lipinski definition) is 2. The number of nitrogens with zero attached hydrogens (tertiary/aromatic N) is 1. The molecule has 6 heteroatoms. The predicted molar refractivity (Wildman–Crippen MR) is 80.4 cm³/mol. The molecule has 0 spiro atoms. The highest BCUT2D eigenvalue weighted by molar-refractivity contribution is 7.12. The minimum absolute atomic E-state index is 0.0233. The average Bonchev–Trinajstić information content (AvgIpc) is 3.09. The topological polar surface area (TPSA) is 73.3 Å². The number of carbonyl (C=O) groups is 2. The maximum Gasteiger partial charge on any atom is 0.279 e. The molecular weight excluding hydrogens is 286 g/mol. The van der Waals surface area contributed by atoms with Gasteiger partial charge in [0.25, 0.3) is 5.91 Å². The lowest BCUT2D eigenvalue weighted by Gasteiger charge is -2.19. The molecule has 1 fully saturated rings. The maximum absolute atomic E-state index is 12.1. The van der Waals surface area contributed by atoms with Crippen LogP contribution in [0.15, 0.2) is 47.8 Å². The van der Waals surface area contributed by atoms with Crippen LogP contribution in [0.5, 0.6) is 0 Å². The van der Waals surface area contributed by atoms with E-state index >= 15 is 0 Å². The average molecular weight is 299 g/mol. The van der Waals surface area contributed by atoms with Crippen molar-refractivity contribution in [3.63, 3.8) is 0 Å². The molecule has 1 aromatic heterocycles. The van der Waals surface area contributed by atoms with Gasteiger partial charge in [-0.1, -0.05) is 36.4 Å². The van der Waals surface area contributed by atoms with Gasteiger partial charge in [0, 0.05) is 0 Å². The van der Waals surface area contributed by atoms with E-state index < -0.39 is 5.92 Å². The van der Waals surface area contributed by atoms with E-state index in [1.54, 1.807) is 12.1 Å². The lowest BCUT2D eigenvalue weighted by atomic mass is 9.97. The number of amides is 1. The molecule has 0 aliphatic carbocycles. The SMILES string of the molecule is N=C1C(c2ccccc2)C(=O)CN1NC(=O)c1cccs1. The second kappa shape index (κ2) is 5.49. The number of Topliss-reactive ketones (excluding diaryl/α,β-unsaturated/α-hetero) is 1. The van der Waals surface area contributed by atoms with Crippen LogP contribution in [0.3, 0.4) is 0 Å². The molecule has 2 heterocycles. The summed E-state index contributed by atoms with van der Waals surface area (Å²) in [5, 5.41) is 11.3. The zero-order valence-corrected chi connectivity index (χ0v) is 11.9. The predicted octanol–water partition coefficient (Wildman–Crippen LogP) is 2.04. The Morgan fingerprint density at radius 1 is 1.24 bits per heavy atom. The van der Waals surface area contributed by atoms with Crippen LogP contribution >= 0.6 is 11.3 Å². The van der Waals surface area contributed by atoms with Gasteiger partial charge in [-0.3, -0.25) is 25.4 Å². The van der Waals surface area contributed by atoms with Gasteiger partial charge in [0.15, 0.2) is 5.78 Å². The third-order valence-corrected chi connectivity index (χ3v) is 4.18. The molecular formula is C15H13N3O2S. The van der Waals surface area contributed by atoms with E-state index in [0.29, 0.717) is 4.88 Å². The second-order valence-electron chi connectivity index (χ2n) is 4.70. The van der Waals surface area contributed by atoms with E-state index in [2.05, 4.69) is 5.43 Å². The summed E-state index contributed by atoms with van der Waals surface area (Å²) in [6.45, 7) is 0.0233. The summed E-state index contributed by atoms with van der Waals surface area (Å²) in [6, 6.07) is 12.7. The number of carbonyl (C=O) groups excluding carboxylic acids is 2. The Balaban J connectivity index is 1.76. The van der Waals surface area contributed by atoms with Gasteiger partial charge in [-0.15, -0.1) is 11.3 Å². The van der Waals surface area contributed by atoms with Crippen molar-refractivity contribution in [1.29, 1.82) is 5.41 Å². The highest BCUT2D eigenvalue weighted by Crippen LogP contribution is 2.25. The van der Waals surface area contributed by atoms with Crippen molar-refractivity contribution in [3.8, 4) is 0 Å². The van der Waals surface area contributed by atoms with Crippen LogP contribution in [0.25, 0.3) is 0 Å².